The van der Waals surface area contributed by atoms with E-state index in [2.05, 4.69) is 27.1 Å². The lowest BCUT2D eigenvalue weighted by atomic mass is 10.1. The van der Waals surface area contributed by atoms with Crippen LogP contribution in [0, 0.1) is 11.8 Å². The van der Waals surface area contributed by atoms with Crippen LogP contribution in [0.1, 0.15) is 25.1 Å². The van der Waals surface area contributed by atoms with Crippen molar-refractivity contribution < 1.29 is 4.79 Å². The van der Waals surface area contributed by atoms with Crippen LogP contribution in [-0.4, -0.2) is 28.1 Å². The second-order valence-corrected chi connectivity index (χ2v) is 5.79. The van der Waals surface area contributed by atoms with Gasteiger partial charge in [-0.15, -0.1) is 0 Å². The van der Waals surface area contributed by atoms with Crippen LogP contribution >= 0.6 is 0 Å². The molecule has 2 aromatic rings. The summed E-state index contributed by atoms with van der Waals surface area (Å²) in [7, 11) is 0. The summed E-state index contributed by atoms with van der Waals surface area (Å²) in [4.78, 5) is 21.9. The van der Waals surface area contributed by atoms with E-state index >= 15 is 0 Å². The standard InChI is InChI=1S/C17H16N4O/c1-17(2)12-21(16(22)20-17)15-8-7-14(19-11-15)6-5-13-4-3-9-18-10-13/h3-4,7-11H,12H2,1-2H3,(H,20,22). The third kappa shape index (κ3) is 3.07. The number of hydrogen-bond donors (Lipinski definition) is 1. The average Bonchev–Trinajstić information content (AvgIpc) is 2.80. The van der Waals surface area contributed by atoms with E-state index in [1.807, 2.05) is 38.1 Å². The van der Waals surface area contributed by atoms with Gasteiger partial charge < -0.3 is 5.32 Å². The van der Waals surface area contributed by atoms with Gasteiger partial charge in [-0.05, 0) is 44.0 Å². The number of amides is 2. The SMILES string of the molecule is CC1(C)CN(c2ccc(C#Cc3cccnc3)nc2)C(=O)N1. The van der Waals surface area contributed by atoms with E-state index in [-0.39, 0.29) is 11.6 Å². The van der Waals surface area contributed by atoms with E-state index in [1.54, 1.807) is 23.5 Å². The second kappa shape index (κ2) is 5.49. The number of nitrogens with zero attached hydrogens (tertiary/aromatic N) is 3. The van der Waals surface area contributed by atoms with E-state index in [9.17, 15) is 4.79 Å². The van der Waals surface area contributed by atoms with Crippen LogP contribution in [0.25, 0.3) is 0 Å². The Bertz CT molecular complexity index is 742. The van der Waals surface area contributed by atoms with Crippen molar-refractivity contribution in [3.05, 3.63) is 54.1 Å². The summed E-state index contributed by atoms with van der Waals surface area (Å²) in [5, 5.41) is 2.93. The molecule has 22 heavy (non-hydrogen) atoms. The fraction of sp³-hybridized carbons (Fsp3) is 0.235. The predicted octanol–water partition coefficient (Wildman–Crippen LogP) is 2.18. The summed E-state index contributed by atoms with van der Waals surface area (Å²) >= 11 is 0. The zero-order chi connectivity index (χ0) is 15.6. The van der Waals surface area contributed by atoms with Gasteiger partial charge in [0, 0.05) is 18.0 Å². The average molecular weight is 292 g/mol. The smallest absolute Gasteiger partial charge is 0.322 e. The molecule has 0 aromatic carbocycles. The Balaban J connectivity index is 1.77. The summed E-state index contributed by atoms with van der Waals surface area (Å²) in [5.41, 5.74) is 2.05. The molecular weight excluding hydrogens is 276 g/mol. The highest BCUT2D eigenvalue weighted by Gasteiger charge is 2.35. The van der Waals surface area contributed by atoms with Crippen LogP contribution in [0.3, 0.4) is 0 Å². The predicted molar refractivity (Wildman–Crippen MR) is 84.4 cm³/mol. The number of carbonyl (C=O) groups excluding carboxylic acids is 1. The lowest BCUT2D eigenvalue weighted by molar-refractivity contribution is 0.248. The minimum absolute atomic E-state index is 0.0963. The third-order valence-corrected chi connectivity index (χ3v) is 3.30. The molecule has 1 aliphatic rings. The van der Waals surface area contributed by atoms with Crippen LogP contribution in [0.2, 0.25) is 0 Å². The largest absolute Gasteiger partial charge is 0.331 e. The highest BCUT2D eigenvalue weighted by molar-refractivity contribution is 5.95. The topological polar surface area (TPSA) is 58.1 Å². The van der Waals surface area contributed by atoms with Crippen molar-refractivity contribution in [3.8, 4) is 11.8 Å². The monoisotopic (exact) mass is 292 g/mol. The quantitative estimate of drug-likeness (QED) is 0.820. The van der Waals surface area contributed by atoms with Crippen molar-refractivity contribution >= 4 is 11.7 Å². The Labute approximate surface area is 129 Å². The molecule has 0 bridgehead atoms. The van der Waals surface area contributed by atoms with Crippen molar-refractivity contribution in [2.45, 2.75) is 19.4 Å². The van der Waals surface area contributed by atoms with Crippen LogP contribution in [0.15, 0.2) is 42.9 Å². The second-order valence-electron chi connectivity index (χ2n) is 5.79. The molecule has 110 valence electrons. The first-order valence-electron chi connectivity index (χ1n) is 7.01. The van der Waals surface area contributed by atoms with E-state index in [4.69, 9.17) is 0 Å². The molecule has 3 rings (SSSR count). The first-order chi connectivity index (χ1) is 10.5. The number of carbonyl (C=O) groups is 1. The van der Waals surface area contributed by atoms with Gasteiger partial charge in [0.2, 0.25) is 0 Å². The Hall–Kier alpha value is -2.87. The summed E-state index contributed by atoms with van der Waals surface area (Å²) in [6, 6.07) is 7.32. The van der Waals surface area contributed by atoms with Crippen LogP contribution < -0.4 is 10.2 Å². The van der Waals surface area contributed by atoms with E-state index in [0.29, 0.717) is 12.2 Å². The van der Waals surface area contributed by atoms with Crippen molar-refractivity contribution in [2.75, 3.05) is 11.4 Å². The molecule has 5 nitrogen and oxygen atoms in total. The first kappa shape index (κ1) is 14.1. The fourth-order valence-corrected chi connectivity index (χ4v) is 2.26. The van der Waals surface area contributed by atoms with Gasteiger partial charge in [0.25, 0.3) is 0 Å². The summed E-state index contributed by atoms with van der Waals surface area (Å²) in [6.45, 7) is 4.60. The molecule has 0 atom stereocenters. The molecular formula is C17H16N4O. The Morgan fingerprint density at radius 3 is 2.68 bits per heavy atom. The van der Waals surface area contributed by atoms with Crippen molar-refractivity contribution in [2.24, 2.45) is 0 Å². The molecule has 3 heterocycles. The van der Waals surface area contributed by atoms with Crippen LogP contribution in [-0.2, 0) is 0 Å². The third-order valence-electron chi connectivity index (χ3n) is 3.30. The Morgan fingerprint density at radius 2 is 2.09 bits per heavy atom. The maximum atomic E-state index is 11.9. The van der Waals surface area contributed by atoms with Gasteiger partial charge in [-0.3, -0.25) is 9.88 Å². The number of nitrogens with one attached hydrogen (secondary N) is 1. The van der Waals surface area contributed by atoms with Crippen LogP contribution in [0.5, 0.6) is 0 Å². The summed E-state index contributed by atoms with van der Waals surface area (Å²) in [5.74, 6) is 5.99. The van der Waals surface area contributed by atoms with Gasteiger partial charge in [0.1, 0.15) is 5.69 Å². The van der Waals surface area contributed by atoms with Crippen molar-refractivity contribution in [1.29, 1.82) is 0 Å². The van der Waals surface area contributed by atoms with Gasteiger partial charge in [-0.25, -0.2) is 9.78 Å². The zero-order valence-electron chi connectivity index (χ0n) is 12.5. The van der Waals surface area contributed by atoms with Crippen molar-refractivity contribution in [3.63, 3.8) is 0 Å². The van der Waals surface area contributed by atoms with E-state index in [1.165, 1.54) is 0 Å². The molecule has 1 fully saturated rings. The molecule has 2 aromatic heterocycles. The molecule has 2 amide bonds. The van der Waals surface area contributed by atoms with Gasteiger partial charge in [-0.2, -0.15) is 0 Å². The molecule has 1 aliphatic heterocycles. The van der Waals surface area contributed by atoms with Gasteiger partial charge in [0.15, 0.2) is 0 Å². The fourth-order valence-electron chi connectivity index (χ4n) is 2.26. The molecule has 0 radical (unpaired) electrons. The lowest BCUT2D eigenvalue weighted by Gasteiger charge is -2.17. The Morgan fingerprint density at radius 1 is 1.23 bits per heavy atom. The number of pyridine rings is 2. The maximum Gasteiger partial charge on any atom is 0.322 e. The molecule has 1 N–H and O–H groups in total. The molecule has 0 unspecified atom stereocenters. The number of aromatic nitrogens is 2. The van der Waals surface area contributed by atoms with Gasteiger partial charge in [-0.1, -0.05) is 5.92 Å². The minimum atomic E-state index is -0.226. The van der Waals surface area contributed by atoms with E-state index < -0.39 is 0 Å². The highest BCUT2D eigenvalue weighted by atomic mass is 16.2. The van der Waals surface area contributed by atoms with E-state index in [0.717, 1.165) is 11.3 Å². The maximum absolute atomic E-state index is 11.9. The van der Waals surface area contributed by atoms with Crippen LogP contribution in [0.4, 0.5) is 10.5 Å². The number of urea groups is 1. The number of hydrogen-bond acceptors (Lipinski definition) is 3. The molecule has 0 aliphatic carbocycles. The highest BCUT2D eigenvalue weighted by Crippen LogP contribution is 2.22. The molecule has 1 saturated heterocycles. The van der Waals surface area contributed by atoms with Crippen molar-refractivity contribution in [1.82, 2.24) is 15.3 Å². The van der Waals surface area contributed by atoms with Gasteiger partial charge in [0.05, 0.1) is 24.0 Å². The summed E-state index contributed by atoms with van der Waals surface area (Å²) in [6.07, 6.45) is 5.09. The Kier molecular flexibility index (Phi) is 3.51. The first-order valence-corrected chi connectivity index (χ1v) is 7.01. The molecule has 5 heteroatoms. The minimum Gasteiger partial charge on any atom is -0.331 e. The lowest BCUT2D eigenvalue weighted by Crippen LogP contribution is -2.36. The molecule has 0 saturated carbocycles. The number of rotatable bonds is 1. The normalized spacial score (nSPS) is 15.9. The van der Waals surface area contributed by atoms with Gasteiger partial charge >= 0.3 is 6.03 Å². The number of anilines is 1. The zero-order valence-corrected chi connectivity index (χ0v) is 12.5. The molecule has 0 spiro atoms. The summed E-state index contributed by atoms with van der Waals surface area (Å²) < 4.78 is 0.